The first-order valence-electron chi connectivity index (χ1n) is 5.76. The zero-order chi connectivity index (χ0) is 12.6. The van der Waals surface area contributed by atoms with Gasteiger partial charge in [0.25, 0.3) is 5.91 Å². The number of rotatable bonds is 0. The summed E-state index contributed by atoms with van der Waals surface area (Å²) < 4.78 is 10.8. The number of hydrogen-bond donors (Lipinski definition) is 1. The first-order chi connectivity index (χ1) is 7.85. The number of carbonyl (C=O) groups excluding carboxylic acids is 2. The number of nitrogens with one attached hydrogen (secondary N) is 1. The summed E-state index contributed by atoms with van der Waals surface area (Å²) in [5.74, 6) is -0.158. The van der Waals surface area contributed by atoms with Crippen LogP contribution in [0.4, 0.5) is 4.79 Å². The van der Waals surface area contributed by atoms with Gasteiger partial charge in [0, 0.05) is 6.54 Å². The second kappa shape index (κ2) is 4.18. The molecule has 2 rings (SSSR count). The third-order valence-corrected chi connectivity index (χ3v) is 2.62. The largest absolute Gasteiger partial charge is 0.444 e. The van der Waals surface area contributed by atoms with Crippen molar-refractivity contribution in [3.05, 3.63) is 0 Å². The lowest BCUT2D eigenvalue weighted by Gasteiger charge is -2.40. The molecule has 0 aromatic rings. The molecular weight excluding hydrogens is 224 g/mol. The van der Waals surface area contributed by atoms with Crippen molar-refractivity contribution < 1.29 is 19.1 Å². The molecule has 0 aromatic carbocycles. The summed E-state index contributed by atoms with van der Waals surface area (Å²) in [6, 6.07) is 0. The molecule has 6 nitrogen and oxygen atoms in total. The van der Waals surface area contributed by atoms with Crippen LogP contribution in [0.5, 0.6) is 0 Å². The van der Waals surface area contributed by atoms with Crippen molar-refractivity contribution in [3.63, 3.8) is 0 Å². The monoisotopic (exact) mass is 242 g/mol. The maximum atomic E-state index is 11.9. The number of hydrogen-bond acceptors (Lipinski definition) is 4. The molecule has 2 saturated heterocycles. The molecule has 2 aliphatic rings. The van der Waals surface area contributed by atoms with Crippen LogP contribution < -0.4 is 5.32 Å². The molecule has 6 heteroatoms. The molecule has 2 atom stereocenters. The van der Waals surface area contributed by atoms with Gasteiger partial charge in [-0.2, -0.15) is 0 Å². The van der Waals surface area contributed by atoms with Gasteiger partial charge in [-0.05, 0) is 20.8 Å². The second-order valence-electron chi connectivity index (χ2n) is 5.38. The highest BCUT2D eigenvalue weighted by Gasteiger charge is 2.39. The third-order valence-electron chi connectivity index (χ3n) is 2.62. The van der Waals surface area contributed by atoms with E-state index in [0.29, 0.717) is 13.1 Å². The summed E-state index contributed by atoms with van der Waals surface area (Å²) in [4.78, 5) is 24.9. The van der Waals surface area contributed by atoms with Gasteiger partial charge >= 0.3 is 6.09 Å². The maximum absolute atomic E-state index is 11.9. The van der Waals surface area contributed by atoms with Crippen molar-refractivity contribution in [1.82, 2.24) is 10.2 Å². The van der Waals surface area contributed by atoms with Crippen molar-refractivity contribution in [2.45, 2.75) is 38.6 Å². The summed E-state index contributed by atoms with van der Waals surface area (Å²) in [5, 5.41) is 2.75. The number of ether oxygens (including phenoxy) is 2. The van der Waals surface area contributed by atoms with Crippen molar-refractivity contribution in [2.24, 2.45) is 0 Å². The normalized spacial score (nSPS) is 28.6. The van der Waals surface area contributed by atoms with Crippen LogP contribution in [-0.4, -0.2) is 54.3 Å². The van der Waals surface area contributed by atoms with E-state index in [1.807, 2.05) is 20.8 Å². The number of nitrogens with zero attached hydrogens (tertiary/aromatic N) is 1. The highest BCUT2D eigenvalue weighted by Crippen LogP contribution is 2.18. The van der Waals surface area contributed by atoms with Crippen LogP contribution in [0.25, 0.3) is 0 Å². The Labute approximate surface area is 100 Å². The predicted molar refractivity (Wildman–Crippen MR) is 59.5 cm³/mol. The van der Waals surface area contributed by atoms with Gasteiger partial charge in [-0.3, -0.25) is 4.79 Å². The maximum Gasteiger partial charge on any atom is 0.410 e. The van der Waals surface area contributed by atoms with E-state index in [9.17, 15) is 9.59 Å². The lowest BCUT2D eigenvalue weighted by atomic mass is 10.1. The van der Waals surface area contributed by atoms with E-state index in [1.54, 1.807) is 4.90 Å². The van der Waals surface area contributed by atoms with Crippen molar-refractivity contribution in [3.8, 4) is 0 Å². The molecule has 1 N–H and O–H groups in total. The van der Waals surface area contributed by atoms with Gasteiger partial charge in [0.1, 0.15) is 5.60 Å². The fraction of sp³-hybridized carbons (Fsp3) is 0.818. The Morgan fingerprint density at radius 1 is 1.47 bits per heavy atom. The van der Waals surface area contributed by atoms with Crippen LogP contribution >= 0.6 is 0 Å². The minimum absolute atomic E-state index is 0.126. The number of carbonyl (C=O) groups is 2. The minimum Gasteiger partial charge on any atom is -0.444 e. The Morgan fingerprint density at radius 2 is 2.18 bits per heavy atom. The molecule has 2 amide bonds. The summed E-state index contributed by atoms with van der Waals surface area (Å²) in [7, 11) is 0. The molecule has 2 heterocycles. The fourth-order valence-electron chi connectivity index (χ4n) is 1.90. The van der Waals surface area contributed by atoms with Crippen molar-refractivity contribution in [1.29, 1.82) is 0 Å². The topological polar surface area (TPSA) is 67.9 Å². The Hall–Kier alpha value is -1.30. The Balaban J connectivity index is 1.99. The molecule has 2 unspecified atom stereocenters. The van der Waals surface area contributed by atoms with E-state index in [4.69, 9.17) is 9.47 Å². The molecule has 0 saturated carbocycles. The van der Waals surface area contributed by atoms with Crippen LogP contribution in [-0.2, 0) is 14.3 Å². The van der Waals surface area contributed by atoms with Gasteiger partial charge in [0.05, 0.1) is 19.2 Å². The Bertz CT molecular complexity index is 337. The van der Waals surface area contributed by atoms with Gasteiger partial charge in [-0.15, -0.1) is 0 Å². The van der Waals surface area contributed by atoms with Crippen molar-refractivity contribution >= 4 is 12.0 Å². The fourth-order valence-corrected chi connectivity index (χ4v) is 1.90. The summed E-state index contributed by atoms with van der Waals surface area (Å²) in [5.41, 5.74) is -0.521. The van der Waals surface area contributed by atoms with Crippen molar-refractivity contribution in [2.75, 3.05) is 19.6 Å². The first-order valence-corrected chi connectivity index (χ1v) is 5.76. The van der Waals surface area contributed by atoms with E-state index >= 15 is 0 Å². The smallest absolute Gasteiger partial charge is 0.410 e. The molecule has 2 bridgehead atoms. The molecule has 2 aliphatic heterocycles. The van der Waals surface area contributed by atoms with Gasteiger partial charge in [-0.25, -0.2) is 4.79 Å². The zero-order valence-corrected chi connectivity index (χ0v) is 10.4. The summed E-state index contributed by atoms with van der Waals surface area (Å²) in [6.07, 6.45) is -1.07. The Kier molecular flexibility index (Phi) is 2.99. The van der Waals surface area contributed by atoms with E-state index in [0.717, 1.165) is 0 Å². The third kappa shape index (κ3) is 2.88. The van der Waals surface area contributed by atoms with Gasteiger partial charge in [-0.1, -0.05) is 0 Å². The van der Waals surface area contributed by atoms with Crippen LogP contribution in [0.1, 0.15) is 20.8 Å². The molecule has 0 aliphatic carbocycles. The van der Waals surface area contributed by atoms with Gasteiger partial charge < -0.3 is 19.7 Å². The average molecular weight is 242 g/mol. The van der Waals surface area contributed by atoms with E-state index in [1.165, 1.54) is 0 Å². The van der Waals surface area contributed by atoms with E-state index in [-0.39, 0.29) is 24.6 Å². The zero-order valence-electron chi connectivity index (χ0n) is 10.4. The lowest BCUT2D eigenvalue weighted by Crippen LogP contribution is -2.62. The first kappa shape index (κ1) is 12.2. The van der Waals surface area contributed by atoms with Crippen LogP contribution in [0, 0.1) is 0 Å². The molecule has 0 radical (unpaired) electrons. The highest BCUT2D eigenvalue weighted by atomic mass is 16.6. The molecule has 0 spiro atoms. The molecule has 2 fully saturated rings. The summed E-state index contributed by atoms with van der Waals surface area (Å²) >= 11 is 0. The number of amides is 2. The van der Waals surface area contributed by atoms with Crippen LogP contribution in [0.3, 0.4) is 0 Å². The van der Waals surface area contributed by atoms with E-state index in [2.05, 4.69) is 5.32 Å². The average Bonchev–Trinajstić information content (AvgIpc) is 2.21. The lowest BCUT2D eigenvalue weighted by molar-refractivity contribution is -0.156. The SMILES string of the molecule is CC(C)(C)OC(=O)N1CC2CNC(=O)C(C1)O2. The molecule has 17 heavy (non-hydrogen) atoms. The minimum atomic E-state index is -0.560. The predicted octanol–water partition coefficient (Wildman–Crippen LogP) is 0.121. The molecular formula is C11H18N2O4. The second-order valence-corrected chi connectivity index (χ2v) is 5.38. The van der Waals surface area contributed by atoms with Gasteiger partial charge in [0.2, 0.25) is 0 Å². The standard InChI is InChI=1S/C11H18N2O4/c1-11(2,3)17-10(15)13-5-7-4-12-9(14)8(6-13)16-7/h7-8H,4-6H2,1-3H3,(H,12,14). The quantitative estimate of drug-likeness (QED) is 0.655. The highest BCUT2D eigenvalue weighted by molar-refractivity contribution is 5.83. The van der Waals surface area contributed by atoms with Crippen LogP contribution in [0.2, 0.25) is 0 Å². The van der Waals surface area contributed by atoms with Crippen LogP contribution in [0.15, 0.2) is 0 Å². The Morgan fingerprint density at radius 3 is 2.82 bits per heavy atom. The van der Waals surface area contributed by atoms with E-state index < -0.39 is 11.7 Å². The van der Waals surface area contributed by atoms with Gasteiger partial charge in [0.15, 0.2) is 6.10 Å². The number of morpholine rings is 2. The number of fused-ring (bicyclic) bond motifs is 2. The summed E-state index contributed by atoms with van der Waals surface area (Å²) in [6.45, 7) is 6.63. The molecule has 96 valence electrons. The molecule has 0 aromatic heterocycles.